The number of nitrogens with zero attached hydrogens (tertiary/aromatic N) is 3. The number of carbonyl (C=O) groups is 1. The van der Waals surface area contributed by atoms with Crippen LogP contribution in [0.3, 0.4) is 0 Å². The second-order valence-corrected chi connectivity index (χ2v) is 10.0. The van der Waals surface area contributed by atoms with Crippen molar-refractivity contribution in [1.29, 1.82) is 0 Å². The summed E-state index contributed by atoms with van der Waals surface area (Å²) in [7, 11) is 1.74. The predicted octanol–water partition coefficient (Wildman–Crippen LogP) is 2.63. The summed E-state index contributed by atoms with van der Waals surface area (Å²) in [5.41, 5.74) is 0.918. The lowest BCUT2D eigenvalue weighted by atomic mass is 9.80. The molecule has 2 saturated heterocycles. The quantitative estimate of drug-likeness (QED) is 0.697. The molecular formula is C25H40N4O3. The van der Waals surface area contributed by atoms with Crippen molar-refractivity contribution in [3.8, 4) is 0 Å². The Morgan fingerprint density at radius 2 is 2.12 bits per heavy atom. The van der Waals surface area contributed by atoms with Crippen LogP contribution in [0.5, 0.6) is 0 Å². The zero-order valence-electron chi connectivity index (χ0n) is 20.0. The van der Waals surface area contributed by atoms with E-state index < -0.39 is 0 Å². The third kappa shape index (κ3) is 5.26. The Bertz CT molecular complexity index is 767. The second kappa shape index (κ2) is 10.5. The third-order valence-electron chi connectivity index (χ3n) is 7.73. The summed E-state index contributed by atoms with van der Waals surface area (Å²) >= 11 is 0. The van der Waals surface area contributed by atoms with E-state index in [2.05, 4.69) is 40.0 Å². The van der Waals surface area contributed by atoms with Crippen LogP contribution >= 0.6 is 0 Å². The van der Waals surface area contributed by atoms with E-state index in [0.717, 1.165) is 77.3 Å². The van der Waals surface area contributed by atoms with Crippen LogP contribution in [0.15, 0.2) is 18.3 Å². The van der Waals surface area contributed by atoms with E-state index in [4.69, 9.17) is 9.47 Å². The van der Waals surface area contributed by atoms with Gasteiger partial charge in [0.15, 0.2) is 0 Å². The zero-order valence-corrected chi connectivity index (χ0v) is 20.0. The van der Waals surface area contributed by atoms with Crippen molar-refractivity contribution in [2.45, 2.75) is 58.0 Å². The summed E-state index contributed by atoms with van der Waals surface area (Å²) in [6.07, 6.45) is 6.66. The molecule has 0 spiro atoms. The molecule has 3 aliphatic rings. The van der Waals surface area contributed by atoms with E-state index in [1.165, 1.54) is 5.56 Å². The zero-order chi connectivity index (χ0) is 22.6. The van der Waals surface area contributed by atoms with E-state index in [1.807, 2.05) is 12.3 Å². The number of rotatable bonds is 7. The first-order valence-electron chi connectivity index (χ1n) is 12.3. The number of hydrogen-bond donors (Lipinski definition) is 1. The first-order valence-corrected chi connectivity index (χ1v) is 12.3. The van der Waals surface area contributed by atoms with Crippen molar-refractivity contribution in [2.24, 2.45) is 11.3 Å². The topological polar surface area (TPSA) is 66.9 Å². The molecule has 0 bridgehead atoms. The molecule has 7 nitrogen and oxygen atoms in total. The number of piperazine rings is 1. The monoisotopic (exact) mass is 444 g/mol. The lowest BCUT2D eigenvalue weighted by Crippen LogP contribution is -2.53. The number of pyridine rings is 1. The standard InChI is InChI=1S/C25H40N4O3/c1-19-5-9-26-23(16-19)28-10-12-29(13-11-28)24(30)25(8-15-31-3)7-4-21(17-25)27-22-6-14-32-18-20(22)2/h5,9,16,20-22,27H,4,6-8,10-15,17-18H2,1-3H3/t20?,21-,22?,25-/m1/s1. The van der Waals surface area contributed by atoms with Gasteiger partial charge in [-0.2, -0.15) is 0 Å². The number of aromatic nitrogens is 1. The van der Waals surface area contributed by atoms with Gasteiger partial charge in [-0.15, -0.1) is 0 Å². The van der Waals surface area contributed by atoms with Gasteiger partial charge in [0.05, 0.1) is 12.0 Å². The number of amides is 1. The lowest BCUT2D eigenvalue weighted by Gasteiger charge is -2.40. The maximum Gasteiger partial charge on any atom is 0.229 e. The molecule has 32 heavy (non-hydrogen) atoms. The molecule has 1 N–H and O–H groups in total. The van der Waals surface area contributed by atoms with Gasteiger partial charge in [0, 0.05) is 64.8 Å². The van der Waals surface area contributed by atoms with E-state index >= 15 is 0 Å². The Morgan fingerprint density at radius 3 is 2.84 bits per heavy atom. The van der Waals surface area contributed by atoms with E-state index in [-0.39, 0.29) is 5.41 Å². The van der Waals surface area contributed by atoms with Crippen LogP contribution in [0, 0.1) is 18.3 Å². The Morgan fingerprint density at radius 1 is 1.31 bits per heavy atom. The van der Waals surface area contributed by atoms with Gasteiger partial charge in [-0.1, -0.05) is 6.92 Å². The highest BCUT2D eigenvalue weighted by atomic mass is 16.5. The largest absolute Gasteiger partial charge is 0.385 e. The highest BCUT2D eigenvalue weighted by Gasteiger charge is 2.47. The van der Waals surface area contributed by atoms with Gasteiger partial charge in [0.1, 0.15) is 5.82 Å². The van der Waals surface area contributed by atoms with Crippen LogP contribution in [0.2, 0.25) is 0 Å². The Labute approximate surface area is 192 Å². The minimum Gasteiger partial charge on any atom is -0.385 e. The highest BCUT2D eigenvalue weighted by Crippen LogP contribution is 2.43. The smallest absolute Gasteiger partial charge is 0.229 e. The van der Waals surface area contributed by atoms with Gasteiger partial charge in [-0.05, 0) is 62.6 Å². The number of methoxy groups -OCH3 is 1. The molecule has 3 heterocycles. The van der Waals surface area contributed by atoms with E-state index in [0.29, 0.717) is 30.5 Å². The number of carbonyl (C=O) groups excluding carboxylic acids is 1. The average molecular weight is 445 g/mol. The summed E-state index contributed by atoms with van der Waals surface area (Å²) in [6.45, 7) is 9.86. The van der Waals surface area contributed by atoms with Gasteiger partial charge in [0.25, 0.3) is 0 Å². The fourth-order valence-electron chi connectivity index (χ4n) is 5.69. The van der Waals surface area contributed by atoms with Gasteiger partial charge >= 0.3 is 0 Å². The molecule has 1 aromatic heterocycles. The van der Waals surface area contributed by atoms with Gasteiger partial charge in [-0.3, -0.25) is 4.79 Å². The Kier molecular flexibility index (Phi) is 7.69. The van der Waals surface area contributed by atoms with E-state index in [9.17, 15) is 4.79 Å². The molecule has 1 amide bonds. The molecule has 178 valence electrons. The summed E-state index contributed by atoms with van der Waals surface area (Å²) < 4.78 is 11.0. The number of hydrogen-bond acceptors (Lipinski definition) is 6. The van der Waals surface area contributed by atoms with Crippen molar-refractivity contribution in [3.05, 3.63) is 23.9 Å². The van der Waals surface area contributed by atoms with Crippen molar-refractivity contribution < 1.29 is 14.3 Å². The minimum atomic E-state index is -0.300. The third-order valence-corrected chi connectivity index (χ3v) is 7.73. The maximum absolute atomic E-state index is 13.8. The highest BCUT2D eigenvalue weighted by molar-refractivity contribution is 5.83. The van der Waals surface area contributed by atoms with Gasteiger partial charge in [-0.25, -0.2) is 4.98 Å². The van der Waals surface area contributed by atoms with Crippen LogP contribution in [-0.4, -0.2) is 81.0 Å². The fourth-order valence-corrected chi connectivity index (χ4v) is 5.69. The Hall–Kier alpha value is -1.70. The number of nitrogens with one attached hydrogen (secondary N) is 1. The fraction of sp³-hybridized carbons (Fsp3) is 0.760. The molecule has 7 heteroatoms. The van der Waals surface area contributed by atoms with Crippen molar-refractivity contribution in [2.75, 3.05) is 58.0 Å². The minimum absolute atomic E-state index is 0.300. The molecular weight excluding hydrogens is 404 g/mol. The first kappa shape index (κ1) is 23.5. The van der Waals surface area contributed by atoms with Crippen molar-refractivity contribution in [1.82, 2.24) is 15.2 Å². The Balaban J connectivity index is 1.38. The van der Waals surface area contributed by atoms with Crippen LogP contribution in [0.1, 0.15) is 44.6 Å². The number of ether oxygens (including phenoxy) is 2. The van der Waals surface area contributed by atoms with Crippen LogP contribution < -0.4 is 10.2 Å². The maximum atomic E-state index is 13.8. The first-order chi connectivity index (χ1) is 15.5. The summed E-state index contributed by atoms with van der Waals surface area (Å²) in [6, 6.07) is 5.04. The molecule has 2 unspecified atom stereocenters. The van der Waals surface area contributed by atoms with Gasteiger partial charge in [0.2, 0.25) is 5.91 Å². The van der Waals surface area contributed by atoms with Crippen LogP contribution in [-0.2, 0) is 14.3 Å². The predicted molar refractivity (Wildman–Crippen MR) is 126 cm³/mol. The molecule has 1 saturated carbocycles. The SMILES string of the molecule is COCC[C@]1(C(=O)N2CCN(c3cc(C)ccn3)CC2)CC[C@@H](NC2CCOCC2C)C1. The number of aryl methyl sites for hydroxylation is 1. The number of anilines is 1. The molecule has 0 aromatic carbocycles. The molecule has 0 radical (unpaired) electrons. The van der Waals surface area contributed by atoms with E-state index in [1.54, 1.807) is 7.11 Å². The average Bonchev–Trinajstić information content (AvgIpc) is 3.23. The lowest BCUT2D eigenvalue weighted by molar-refractivity contribution is -0.143. The molecule has 3 fully saturated rings. The molecule has 1 aliphatic carbocycles. The second-order valence-electron chi connectivity index (χ2n) is 10.0. The summed E-state index contributed by atoms with van der Waals surface area (Å²) in [5, 5.41) is 3.88. The molecule has 1 aromatic rings. The summed E-state index contributed by atoms with van der Waals surface area (Å²) in [4.78, 5) is 22.7. The van der Waals surface area contributed by atoms with Gasteiger partial charge < -0.3 is 24.6 Å². The molecule has 2 aliphatic heterocycles. The van der Waals surface area contributed by atoms with Crippen LogP contribution in [0.25, 0.3) is 0 Å². The molecule has 4 rings (SSSR count). The van der Waals surface area contributed by atoms with Crippen LogP contribution in [0.4, 0.5) is 5.82 Å². The normalized spacial score (nSPS) is 31.2. The van der Waals surface area contributed by atoms with Crippen molar-refractivity contribution >= 4 is 11.7 Å². The van der Waals surface area contributed by atoms with Crippen molar-refractivity contribution in [3.63, 3.8) is 0 Å². The molecule has 4 atom stereocenters. The summed E-state index contributed by atoms with van der Waals surface area (Å²) in [5.74, 6) is 1.87.